The van der Waals surface area contributed by atoms with E-state index in [4.69, 9.17) is 33.8 Å². The van der Waals surface area contributed by atoms with Crippen LogP contribution in [0.25, 0.3) is 112 Å². The molecule has 0 spiro atoms. The zero-order valence-corrected chi connectivity index (χ0v) is 29.8. The van der Waals surface area contributed by atoms with E-state index in [0.29, 0.717) is 45.7 Å². The highest BCUT2D eigenvalue weighted by Crippen LogP contribution is 2.43. The zero-order valence-electron chi connectivity index (χ0n) is 29.8. The summed E-state index contributed by atoms with van der Waals surface area (Å²) in [6.07, 6.45) is 0. The van der Waals surface area contributed by atoms with Crippen molar-refractivity contribution in [2.45, 2.75) is 0 Å². The van der Waals surface area contributed by atoms with E-state index >= 15 is 0 Å². The van der Waals surface area contributed by atoms with Gasteiger partial charge in [0.2, 0.25) is 0 Å². The summed E-state index contributed by atoms with van der Waals surface area (Å²) in [5.41, 5.74) is 10.7. The topological polar surface area (TPSA) is 90.7 Å². The summed E-state index contributed by atoms with van der Waals surface area (Å²) >= 11 is 0. The number of benzene rings is 7. The molecule has 0 fully saturated rings. The molecule has 0 bridgehead atoms. The number of aromatic nitrogens is 5. The van der Waals surface area contributed by atoms with Gasteiger partial charge in [-0.05, 0) is 35.4 Å². The molecule has 11 rings (SSSR count). The van der Waals surface area contributed by atoms with Crippen molar-refractivity contribution in [2.75, 3.05) is 0 Å². The second-order valence-corrected chi connectivity index (χ2v) is 13.6. The molecule has 0 aliphatic heterocycles. The smallest absolute Gasteiger partial charge is 0.180 e. The summed E-state index contributed by atoms with van der Waals surface area (Å²) in [4.78, 5) is 25.4. The number of fused-ring (bicyclic) bond motifs is 6. The van der Waals surface area contributed by atoms with Crippen LogP contribution < -0.4 is 0 Å². The third-order valence-electron chi connectivity index (χ3n) is 10.2. The first-order chi connectivity index (χ1) is 27.7. The third-order valence-corrected chi connectivity index (χ3v) is 10.2. The molecule has 0 radical (unpaired) electrons. The predicted octanol–water partition coefficient (Wildman–Crippen LogP) is 12.5. The number of nitrogens with zero attached hydrogens (tertiary/aromatic N) is 5. The first kappa shape index (κ1) is 31.7. The molecule has 7 aromatic carbocycles. The maximum Gasteiger partial charge on any atom is 0.180 e. The van der Waals surface area contributed by atoms with Gasteiger partial charge in [-0.15, -0.1) is 0 Å². The lowest BCUT2D eigenvalue weighted by atomic mass is 10.0. The molecule has 56 heavy (non-hydrogen) atoms. The molecule has 11 aromatic rings. The molecule has 4 aromatic heterocycles. The van der Waals surface area contributed by atoms with E-state index in [2.05, 4.69) is 42.5 Å². The Morgan fingerprint density at radius 3 is 1.50 bits per heavy atom. The second-order valence-electron chi connectivity index (χ2n) is 13.6. The van der Waals surface area contributed by atoms with Gasteiger partial charge in [-0.1, -0.05) is 152 Å². The first-order valence-corrected chi connectivity index (χ1v) is 18.4. The van der Waals surface area contributed by atoms with E-state index in [-0.39, 0.29) is 0 Å². The molecular weight excluding hydrogens is 691 g/mol. The van der Waals surface area contributed by atoms with Crippen molar-refractivity contribution in [3.05, 3.63) is 176 Å². The van der Waals surface area contributed by atoms with E-state index in [1.807, 2.05) is 133 Å². The maximum atomic E-state index is 6.79. The van der Waals surface area contributed by atoms with E-state index in [0.717, 1.165) is 66.2 Å². The summed E-state index contributed by atoms with van der Waals surface area (Å²) in [5, 5.41) is 2.73. The number of furan rings is 2. The summed E-state index contributed by atoms with van der Waals surface area (Å²) in [6.45, 7) is 0. The first-order valence-electron chi connectivity index (χ1n) is 18.4. The summed E-state index contributed by atoms with van der Waals surface area (Å²) < 4.78 is 13.3. The summed E-state index contributed by atoms with van der Waals surface area (Å²) in [6, 6.07) is 58.8. The van der Waals surface area contributed by atoms with Crippen molar-refractivity contribution in [3.8, 4) is 67.9 Å². The van der Waals surface area contributed by atoms with Crippen LogP contribution in [0, 0.1) is 0 Å². The Labute approximate surface area is 320 Å². The molecule has 0 aliphatic carbocycles. The third kappa shape index (κ3) is 5.33. The van der Waals surface area contributed by atoms with Gasteiger partial charge in [0.1, 0.15) is 28.0 Å². The van der Waals surface area contributed by atoms with Crippen LogP contribution in [0.15, 0.2) is 185 Å². The molecular formula is C49H29N5O2. The Bertz CT molecular complexity index is 3170. The van der Waals surface area contributed by atoms with E-state index < -0.39 is 0 Å². The van der Waals surface area contributed by atoms with Crippen molar-refractivity contribution >= 4 is 44.0 Å². The fraction of sp³-hybridized carbons (Fsp3) is 0. The number of para-hydroxylation sites is 2. The van der Waals surface area contributed by atoms with Gasteiger partial charge in [0.25, 0.3) is 0 Å². The normalized spacial score (nSPS) is 11.6. The Morgan fingerprint density at radius 2 is 0.786 bits per heavy atom. The molecule has 262 valence electrons. The molecule has 0 atom stereocenters. The van der Waals surface area contributed by atoms with Crippen molar-refractivity contribution in [1.82, 2.24) is 24.9 Å². The number of hydrogen-bond donors (Lipinski definition) is 0. The number of rotatable bonds is 6. The Kier molecular flexibility index (Phi) is 7.35. The highest BCUT2D eigenvalue weighted by molar-refractivity contribution is 6.16. The van der Waals surface area contributed by atoms with Crippen molar-refractivity contribution in [3.63, 3.8) is 0 Å². The zero-order chi connectivity index (χ0) is 37.0. The standard InChI is InChI=1S/C49H29N5O2/c1-4-14-30(15-5-1)31-26-28-34(29-27-31)46-50-42-35-20-10-11-24-39(35)55-45(42)43(51-46)38-23-12-21-36-41-37(22-13-25-40(41)56-44(36)38)49-53-47(32-16-6-2-7-17-32)52-48(54-49)33-18-8-3-9-19-33/h1-29H. The fourth-order valence-corrected chi connectivity index (χ4v) is 7.49. The van der Waals surface area contributed by atoms with Gasteiger partial charge in [-0.3, -0.25) is 0 Å². The minimum absolute atomic E-state index is 0.555. The molecule has 7 nitrogen and oxygen atoms in total. The van der Waals surface area contributed by atoms with Crippen LogP contribution >= 0.6 is 0 Å². The molecule has 4 heterocycles. The predicted molar refractivity (Wildman–Crippen MR) is 223 cm³/mol. The van der Waals surface area contributed by atoms with Gasteiger partial charge in [-0.2, -0.15) is 0 Å². The fourth-order valence-electron chi connectivity index (χ4n) is 7.49. The van der Waals surface area contributed by atoms with Crippen LogP contribution in [0.4, 0.5) is 0 Å². The Morgan fingerprint density at radius 1 is 0.304 bits per heavy atom. The van der Waals surface area contributed by atoms with Gasteiger partial charge in [0.05, 0.1) is 0 Å². The van der Waals surface area contributed by atoms with Gasteiger partial charge < -0.3 is 8.83 Å². The Hall–Kier alpha value is -7.77. The van der Waals surface area contributed by atoms with Crippen LogP contribution in [0.3, 0.4) is 0 Å². The quantitative estimate of drug-likeness (QED) is 0.169. The van der Waals surface area contributed by atoms with E-state index in [1.54, 1.807) is 0 Å². The van der Waals surface area contributed by atoms with Crippen LogP contribution in [0.1, 0.15) is 0 Å². The average Bonchev–Trinajstić information content (AvgIpc) is 3.86. The van der Waals surface area contributed by atoms with E-state index in [9.17, 15) is 0 Å². The molecule has 0 N–H and O–H groups in total. The van der Waals surface area contributed by atoms with Crippen LogP contribution in [-0.4, -0.2) is 24.9 Å². The SMILES string of the molecule is c1ccc(-c2ccc(-c3nc(-c4cccc5c4oc4cccc(-c6nc(-c7ccccc7)nc(-c7ccccc7)n6)c45)c4oc5ccccc5c4n3)cc2)cc1. The largest absolute Gasteiger partial charge is 0.455 e. The monoisotopic (exact) mass is 719 g/mol. The number of hydrogen-bond acceptors (Lipinski definition) is 7. The summed E-state index contributed by atoms with van der Waals surface area (Å²) in [7, 11) is 0. The highest BCUT2D eigenvalue weighted by atomic mass is 16.3. The van der Waals surface area contributed by atoms with Crippen LogP contribution in [0.2, 0.25) is 0 Å². The molecule has 0 amide bonds. The lowest BCUT2D eigenvalue weighted by molar-refractivity contribution is 0.663. The summed E-state index contributed by atoms with van der Waals surface area (Å²) in [5.74, 6) is 2.34. The minimum atomic E-state index is 0.555. The molecule has 7 heteroatoms. The van der Waals surface area contributed by atoms with Crippen molar-refractivity contribution in [2.24, 2.45) is 0 Å². The molecule has 0 saturated heterocycles. The van der Waals surface area contributed by atoms with Crippen LogP contribution in [0.5, 0.6) is 0 Å². The molecule has 0 unspecified atom stereocenters. The molecule has 0 aliphatic rings. The molecule has 0 saturated carbocycles. The van der Waals surface area contributed by atoms with Crippen molar-refractivity contribution < 1.29 is 8.83 Å². The average molecular weight is 720 g/mol. The van der Waals surface area contributed by atoms with Gasteiger partial charge >= 0.3 is 0 Å². The second kappa shape index (κ2) is 13.0. The highest BCUT2D eigenvalue weighted by Gasteiger charge is 2.24. The van der Waals surface area contributed by atoms with Gasteiger partial charge in [0, 0.05) is 44.0 Å². The van der Waals surface area contributed by atoms with Gasteiger partial charge in [-0.25, -0.2) is 24.9 Å². The van der Waals surface area contributed by atoms with E-state index in [1.165, 1.54) is 0 Å². The maximum absolute atomic E-state index is 6.79. The Balaban J connectivity index is 1.12. The lowest BCUT2D eigenvalue weighted by Gasteiger charge is -2.09. The van der Waals surface area contributed by atoms with Crippen LogP contribution in [-0.2, 0) is 0 Å². The minimum Gasteiger partial charge on any atom is -0.455 e. The lowest BCUT2D eigenvalue weighted by Crippen LogP contribution is -2.00. The van der Waals surface area contributed by atoms with Crippen molar-refractivity contribution in [1.29, 1.82) is 0 Å². The van der Waals surface area contributed by atoms with Gasteiger partial charge in [0.15, 0.2) is 28.9 Å².